The van der Waals surface area contributed by atoms with Crippen molar-refractivity contribution in [2.75, 3.05) is 11.9 Å². The van der Waals surface area contributed by atoms with Gasteiger partial charge in [0.15, 0.2) is 0 Å². The molecule has 0 aliphatic carbocycles. The number of hydrogen-bond donors (Lipinski definition) is 2. The van der Waals surface area contributed by atoms with Gasteiger partial charge in [-0.2, -0.15) is 10.1 Å². The second kappa shape index (κ2) is 4.61. The Morgan fingerprint density at radius 3 is 3.12 bits per heavy atom. The molecule has 1 aromatic heterocycles. The van der Waals surface area contributed by atoms with Crippen LogP contribution in [0.5, 0.6) is 0 Å². The number of aromatic nitrogens is 3. The summed E-state index contributed by atoms with van der Waals surface area (Å²) in [6.45, 7) is 3.07. The van der Waals surface area contributed by atoms with E-state index in [1.165, 1.54) is 6.33 Å². The van der Waals surface area contributed by atoms with E-state index in [4.69, 9.17) is 0 Å². The third-order valence-electron chi connectivity index (χ3n) is 2.93. The molecule has 16 heavy (non-hydrogen) atoms. The molecule has 2 atom stereocenters. The molecule has 2 heterocycles. The van der Waals surface area contributed by atoms with Crippen LogP contribution in [0.3, 0.4) is 0 Å². The predicted molar refractivity (Wildman–Crippen MR) is 59.8 cm³/mol. The molecule has 0 saturated carbocycles. The van der Waals surface area contributed by atoms with E-state index in [0.717, 1.165) is 19.4 Å². The summed E-state index contributed by atoms with van der Waals surface area (Å²) >= 11 is 0. The smallest absolute Gasteiger partial charge is 0.243 e. The van der Waals surface area contributed by atoms with Gasteiger partial charge in [-0.15, -0.1) is 0 Å². The van der Waals surface area contributed by atoms with Crippen LogP contribution in [0.1, 0.15) is 19.8 Å². The number of piperidine rings is 1. The molecule has 1 aliphatic heterocycles. The van der Waals surface area contributed by atoms with Crippen molar-refractivity contribution >= 4 is 11.9 Å². The van der Waals surface area contributed by atoms with E-state index in [9.17, 15) is 4.79 Å². The average molecular weight is 223 g/mol. The lowest BCUT2D eigenvalue weighted by Gasteiger charge is -2.26. The van der Waals surface area contributed by atoms with Crippen LogP contribution in [0.4, 0.5) is 5.95 Å². The topological polar surface area (TPSA) is 71.8 Å². The third-order valence-corrected chi connectivity index (χ3v) is 2.93. The van der Waals surface area contributed by atoms with Crippen molar-refractivity contribution in [1.82, 2.24) is 20.1 Å². The van der Waals surface area contributed by atoms with Crippen molar-refractivity contribution in [3.05, 3.63) is 6.33 Å². The quantitative estimate of drug-likeness (QED) is 0.748. The second-order valence-electron chi connectivity index (χ2n) is 4.33. The first kappa shape index (κ1) is 11.1. The molecule has 2 rings (SSSR count). The minimum atomic E-state index is -0.111. The van der Waals surface area contributed by atoms with E-state index in [1.807, 2.05) is 0 Å². The van der Waals surface area contributed by atoms with E-state index in [2.05, 4.69) is 27.6 Å². The number of amides is 1. The molecule has 1 aliphatic rings. The van der Waals surface area contributed by atoms with Gasteiger partial charge in [0.25, 0.3) is 0 Å². The highest BCUT2D eigenvalue weighted by molar-refractivity contribution is 5.93. The molecule has 2 N–H and O–H groups in total. The Labute approximate surface area is 94.4 Å². The van der Waals surface area contributed by atoms with Crippen molar-refractivity contribution in [3.8, 4) is 0 Å². The highest BCUT2D eigenvalue weighted by atomic mass is 16.2. The van der Waals surface area contributed by atoms with Crippen molar-refractivity contribution in [2.24, 2.45) is 13.0 Å². The van der Waals surface area contributed by atoms with E-state index in [0.29, 0.717) is 11.9 Å². The SMILES string of the molecule is CC1CCNC(C(=O)Nc2ncnn2C)C1. The Bertz CT molecular complexity index is 375. The van der Waals surface area contributed by atoms with Crippen LogP contribution in [0.2, 0.25) is 0 Å². The second-order valence-corrected chi connectivity index (χ2v) is 4.33. The predicted octanol–water partition coefficient (Wildman–Crippen LogP) is 0.142. The zero-order valence-corrected chi connectivity index (χ0v) is 9.60. The minimum Gasteiger partial charge on any atom is -0.306 e. The lowest BCUT2D eigenvalue weighted by atomic mass is 9.94. The first-order valence-corrected chi connectivity index (χ1v) is 5.55. The number of nitrogens with one attached hydrogen (secondary N) is 2. The summed E-state index contributed by atoms with van der Waals surface area (Å²) in [5.41, 5.74) is 0. The van der Waals surface area contributed by atoms with E-state index in [1.54, 1.807) is 11.7 Å². The molecular formula is C10H17N5O. The van der Waals surface area contributed by atoms with Crippen LogP contribution in [-0.4, -0.2) is 33.3 Å². The molecule has 6 nitrogen and oxygen atoms in total. The number of carbonyl (C=O) groups excluding carboxylic acids is 1. The standard InChI is InChI=1S/C10H17N5O/c1-7-3-4-11-8(5-7)9(16)14-10-12-6-13-15(10)2/h6-8,11H,3-5H2,1-2H3,(H,12,13,14,16). The lowest BCUT2D eigenvalue weighted by molar-refractivity contribution is -0.119. The number of hydrogen-bond acceptors (Lipinski definition) is 4. The Kier molecular flexibility index (Phi) is 3.19. The summed E-state index contributed by atoms with van der Waals surface area (Å²) in [7, 11) is 1.75. The largest absolute Gasteiger partial charge is 0.306 e. The van der Waals surface area contributed by atoms with Gasteiger partial charge in [-0.3, -0.25) is 10.1 Å². The molecule has 1 aromatic rings. The molecule has 1 saturated heterocycles. The summed E-state index contributed by atoms with van der Waals surface area (Å²) in [5.74, 6) is 1.06. The molecule has 88 valence electrons. The molecule has 0 aromatic carbocycles. The minimum absolute atomic E-state index is 0.0253. The summed E-state index contributed by atoms with van der Waals surface area (Å²) in [6.07, 6.45) is 3.43. The van der Waals surface area contributed by atoms with Gasteiger partial charge in [-0.1, -0.05) is 6.92 Å². The monoisotopic (exact) mass is 223 g/mol. The van der Waals surface area contributed by atoms with Gasteiger partial charge >= 0.3 is 0 Å². The van der Waals surface area contributed by atoms with Gasteiger partial charge in [0.1, 0.15) is 6.33 Å². The summed E-state index contributed by atoms with van der Waals surface area (Å²) < 4.78 is 1.55. The maximum atomic E-state index is 11.9. The van der Waals surface area contributed by atoms with Crippen molar-refractivity contribution in [1.29, 1.82) is 0 Å². The van der Waals surface area contributed by atoms with Crippen LogP contribution in [0, 0.1) is 5.92 Å². The Balaban J connectivity index is 1.95. The van der Waals surface area contributed by atoms with Crippen LogP contribution in [0.15, 0.2) is 6.33 Å². The molecule has 1 fully saturated rings. The van der Waals surface area contributed by atoms with Crippen molar-refractivity contribution in [3.63, 3.8) is 0 Å². The summed E-state index contributed by atoms with van der Waals surface area (Å²) in [4.78, 5) is 15.9. The van der Waals surface area contributed by atoms with Gasteiger partial charge in [0.05, 0.1) is 6.04 Å². The molecule has 6 heteroatoms. The Morgan fingerprint density at radius 1 is 1.69 bits per heavy atom. The van der Waals surface area contributed by atoms with Crippen LogP contribution < -0.4 is 10.6 Å². The maximum Gasteiger partial charge on any atom is 0.243 e. The fraction of sp³-hybridized carbons (Fsp3) is 0.700. The third kappa shape index (κ3) is 2.38. The highest BCUT2D eigenvalue weighted by Gasteiger charge is 2.25. The van der Waals surface area contributed by atoms with E-state index < -0.39 is 0 Å². The average Bonchev–Trinajstić information content (AvgIpc) is 2.64. The molecule has 0 radical (unpaired) electrons. The first-order valence-electron chi connectivity index (χ1n) is 5.55. The summed E-state index contributed by atoms with van der Waals surface area (Å²) in [5, 5.41) is 9.88. The number of aryl methyl sites for hydroxylation is 1. The zero-order chi connectivity index (χ0) is 11.5. The molecule has 2 unspecified atom stereocenters. The highest BCUT2D eigenvalue weighted by Crippen LogP contribution is 2.15. The van der Waals surface area contributed by atoms with Gasteiger partial charge in [0.2, 0.25) is 11.9 Å². The van der Waals surface area contributed by atoms with Gasteiger partial charge in [-0.05, 0) is 25.3 Å². The van der Waals surface area contributed by atoms with Crippen LogP contribution >= 0.6 is 0 Å². The normalized spacial score (nSPS) is 25.4. The fourth-order valence-corrected chi connectivity index (χ4v) is 1.91. The molecule has 0 bridgehead atoms. The van der Waals surface area contributed by atoms with Gasteiger partial charge < -0.3 is 5.32 Å². The van der Waals surface area contributed by atoms with E-state index >= 15 is 0 Å². The van der Waals surface area contributed by atoms with Gasteiger partial charge in [0, 0.05) is 7.05 Å². The van der Waals surface area contributed by atoms with Crippen LogP contribution in [-0.2, 0) is 11.8 Å². The number of nitrogens with zero attached hydrogens (tertiary/aromatic N) is 3. The molecule has 0 spiro atoms. The molecule has 1 amide bonds. The zero-order valence-electron chi connectivity index (χ0n) is 9.60. The summed E-state index contributed by atoms with van der Waals surface area (Å²) in [6, 6.07) is -0.111. The van der Waals surface area contributed by atoms with E-state index in [-0.39, 0.29) is 11.9 Å². The Morgan fingerprint density at radius 2 is 2.50 bits per heavy atom. The van der Waals surface area contributed by atoms with Crippen molar-refractivity contribution < 1.29 is 4.79 Å². The lowest BCUT2D eigenvalue weighted by Crippen LogP contribution is -2.46. The van der Waals surface area contributed by atoms with Gasteiger partial charge in [-0.25, -0.2) is 4.68 Å². The Hall–Kier alpha value is -1.43. The maximum absolute atomic E-state index is 11.9. The molecular weight excluding hydrogens is 206 g/mol. The number of anilines is 1. The number of carbonyl (C=O) groups is 1. The number of rotatable bonds is 2. The first-order chi connectivity index (χ1) is 7.66. The van der Waals surface area contributed by atoms with Crippen molar-refractivity contribution in [2.45, 2.75) is 25.8 Å². The van der Waals surface area contributed by atoms with Crippen LogP contribution in [0.25, 0.3) is 0 Å². The fourth-order valence-electron chi connectivity index (χ4n) is 1.91.